The predicted molar refractivity (Wildman–Crippen MR) is 101 cm³/mol. The van der Waals surface area contributed by atoms with E-state index < -0.39 is 9.84 Å². The number of rotatable bonds is 7. The van der Waals surface area contributed by atoms with Crippen molar-refractivity contribution in [2.45, 2.75) is 26.8 Å². The SMILES string of the molecule is CN=C(NCCCn1nc(C)cc1C)NCCN1CCS(=O)(=O)CC1. The van der Waals surface area contributed by atoms with E-state index in [0.717, 1.165) is 44.3 Å². The monoisotopic (exact) mass is 370 g/mol. The first kappa shape index (κ1) is 19.7. The first-order valence-electron chi connectivity index (χ1n) is 8.78. The van der Waals surface area contributed by atoms with Crippen molar-refractivity contribution in [1.82, 2.24) is 25.3 Å². The number of nitrogens with one attached hydrogen (secondary N) is 2. The maximum Gasteiger partial charge on any atom is 0.191 e. The Labute approximate surface area is 150 Å². The van der Waals surface area contributed by atoms with Gasteiger partial charge in [0.2, 0.25) is 0 Å². The van der Waals surface area contributed by atoms with Gasteiger partial charge in [0, 0.05) is 52.0 Å². The van der Waals surface area contributed by atoms with Crippen LogP contribution >= 0.6 is 0 Å². The van der Waals surface area contributed by atoms with Crippen molar-refractivity contribution in [3.8, 4) is 0 Å². The quantitative estimate of drug-likeness (QED) is 0.392. The first-order valence-corrected chi connectivity index (χ1v) is 10.6. The highest BCUT2D eigenvalue weighted by Gasteiger charge is 2.20. The number of nitrogens with zero attached hydrogens (tertiary/aromatic N) is 4. The molecule has 2 heterocycles. The second-order valence-electron chi connectivity index (χ2n) is 6.42. The second kappa shape index (κ2) is 9.19. The van der Waals surface area contributed by atoms with E-state index in [1.165, 1.54) is 5.69 Å². The Morgan fingerprint density at radius 2 is 1.88 bits per heavy atom. The van der Waals surface area contributed by atoms with Gasteiger partial charge in [0.25, 0.3) is 0 Å². The first-order chi connectivity index (χ1) is 11.9. The van der Waals surface area contributed by atoms with Crippen molar-refractivity contribution in [2.24, 2.45) is 4.99 Å². The van der Waals surface area contributed by atoms with Crippen molar-refractivity contribution in [3.63, 3.8) is 0 Å². The van der Waals surface area contributed by atoms with Crippen LogP contribution in [0.2, 0.25) is 0 Å². The minimum atomic E-state index is -2.81. The minimum absolute atomic E-state index is 0.270. The van der Waals surface area contributed by atoms with Crippen LogP contribution < -0.4 is 10.6 Å². The summed E-state index contributed by atoms with van der Waals surface area (Å²) in [4.78, 5) is 6.39. The van der Waals surface area contributed by atoms with Gasteiger partial charge >= 0.3 is 0 Å². The van der Waals surface area contributed by atoms with Gasteiger partial charge < -0.3 is 10.6 Å². The maximum atomic E-state index is 11.4. The van der Waals surface area contributed by atoms with Crippen LogP contribution in [0.5, 0.6) is 0 Å². The summed E-state index contributed by atoms with van der Waals surface area (Å²) in [5, 5.41) is 11.0. The molecule has 1 aliphatic heterocycles. The van der Waals surface area contributed by atoms with Gasteiger partial charge in [-0.15, -0.1) is 0 Å². The largest absolute Gasteiger partial charge is 0.356 e. The average Bonchev–Trinajstić information content (AvgIpc) is 2.88. The Balaban J connectivity index is 1.60. The van der Waals surface area contributed by atoms with Crippen LogP contribution in [0, 0.1) is 13.8 Å². The van der Waals surface area contributed by atoms with E-state index in [4.69, 9.17) is 0 Å². The zero-order valence-corrected chi connectivity index (χ0v) is 16.3. The van der Waals surface area contributed by atoms with E-state index in [1.807, 2.05) is 11.6 Å². The zero-order chi connectivity index (χ0) is 18.3. The van der Waals surface area contributed by atoms with Crippen molar-refractivity contribution in [3.05, 3.63) is 17.5 Å². The molecule has 0 radical (unpaired) electrons. The third-order valence-corrected chi connectivity index (χ3v) is 5.93. The summed E-state index contributed by atoms with van der Waals surface area (Å²) in [6, 6.07) is 2.08. The molecule has 0 atom stereocenters. The van der Waals surface area contributed by atoms with Crippen molar-refractivity contribution in [1.29, 1.82) is 0 Å². The Morgan fingerprint density at radius 1 is 1.20 bits per heavy atom. The maximum absolute atomic E-state index is 11.4. The van der Waals surface area contributed by atoms with Gasteiger partial charge in [-0.05, 0) is 26.3 Å². The van der Waals surface area contributed by atoms with E-state index in [9.17, 15) is 8.42 Å². The molecule has 9 heteroatoms. The van der Waals surface area contributed by atoms with Crippen LogP contribution in [-0.2, 0) is 16.4 Å². The van der Waals surface area contributed by atoms with Crippen molar-refractivity contribution in [2.75, 3.05) is 51.3 Å². The highest BCUT2D eigenvalue weighted by molar-refractivity contribution is 7.91. The number of aliphatic imine (C=N–C) groups is 1. The Morgan fingerprint density at radius 3 is 2.48 bits per heavy atom. The van der Waals surface area contributed by atoms with Gasteiger partial charge in [-0.3, -0.25) is 14.6 Å². The lowest BCUT2D eigenvalue weighted by atomic mass is 10.4. The summed E-state index contributed by atoms with van der Waals surface area (Å²) in [6.45, 7) is 8.59. The number of aromatic nitrogens is 2. The molecule has 0 amide bonds. The minimum Gasteiger partial charge on any atom is -0.356 e. The molecule has 0 aliphatic carbocycles. The van der Waals surface area contributed by atoms with Crippen LogP contribution in [0.3, 0.4) is 0 Å². The molecule has 0 unspecified atom stereocenters. The van der Waals surface area contributed by atoms with E-state index >= 15 is 0 Å². The smallest absolute Gasteiger partial charge is 0.191 e. The normalized spacial score (nSPS) is 18.3. The van der Waals surface area contributed by atoms with Gasteiger partial charge in [0.15, 0.2) is 15.8 Å². The average molecular weight is 371 g/mol. The number of hydrogen-bond acceptors (Lipinski definition) is 5. The van der Waals surface area contributed by atoms with Gasteiger partial charge in [-0.2, -0.15) is 5.10 Å². The van der Waals surface area contributed by atoms with E-state index in [2.05, 4.69) is 38.6 Å². The molecule has 1 aromatic heterocycles. The molecule has 2 N–H and O–H groups in total. The van der Waals surface area contributed by atoms with Gasteiger partial charge in [0.1, 0.15) is 0 Å². The molecule has 0 saturated carbocycles. The lowest BCUT2D eigenvalue weighted by molar-refractivity contribution is 0.299. The predicted octanol–water partition coefficient (Wildman–Crippen LogP) is -0.215. The molecule has 25 heavy (non-hydrogen) atoms. The summed E-state index contributed by atoms with van der Waals surface area (Å²) < 4.78 is 24.9. The van der Waals surface area contributed by atoms with Crippen LogP contribution in [0.15, 0.2) is 11.1 Å². The second-order valence-corrected chi connectivity index (χ2v) is 8.73. The standard InChI is InChI=1S/C16H30N6O2S/c1-14-13-15(2)22(20-14)7-4-5-18-16(17-3)19-6-8-21-9-11-25(23,24)12-10-21/h13H,4-12H2,1-3H3,(H2,17,18,19). The molecular formula is C16H30N6O2S. The lowest BCUT2D eigenvalue weighted by Gasteiger charge is -2.26. The highest BCUT2D eigenvalue weighted by atomic mass is 32.2. The van der Waals surface area contributed by atoms with Crippen LogP contribution in [0.4, 0.5) is 0 Å². The molecule has 142 valence electrons. The summed E-state index contributed by atoms with van der Waals surface area (Å²) in [6.07, 6.45) is 0.965. The van der Waals surface area contributed by atoms with Gasteiger partial charge in [-0.1, -0.05) is 0 Å². The molecule has 2 rings (SSSR count). The summed E-state index contributed by atoms with van der Waals surface area (Å²) >= 11 is 0. The number of guanidine groups is 1. The summed E-state index contributed by atoms with van der Waals surface area (Å²) in [5.74, 6) is 1.32. The topological polar surface area (TPSA) is 91.6 Å². The Kier molecular flexibility index (Phi) is 7.24. The van der Waals surface area contributed by atoms with Crippen LogP contribution in [0.1, 0.15) is 17.8 Å². The molecule has 1 saturated heterocycles. The third kappa shape index (κ3) is 6.66. The Bertz CT molecular complexity index is 669. The van der Waals surface area contributed by atoms with E-state index in [0.29, 0.717) is 13.1 Å². The van der Waals surface area contributed by atoms with Gasteiger partial charge in [0.05, 0.1) is 17.2 Å². The molecule has 0 spiro atoms. The Hall–Kier alpha value is -1.61. The van der Waals surface area contributed by atoms with Crippen molar-refractivity contribution < 1.29 is 8.42 Å². The molecular weight excluding hydrogens is 340 g/mol. The van der Waals surface area contributed by atoms with Crippen LogP contribution in [-0.4, -0.2) is 80.3 Å². The molecule has 1 aromatic rings. The van der Waals surface area contributed by atoms with E-state index in [-0.39, 0.29) is 11.5 Å². The molecule has 8 nitrogen and oxygen atoms in total. The van der Waals surface area contributed by atoms with Gasteiger partial charge in [-0.25, -0.2) is 8.42 Å². The highest BCUT2D eigenvalue weighted by Crippen LogP contribution is 2.03. The number of hydrogen-bond donors (Lipinski definition) is 2. The fourth-order valence-electron chi connectivity index (χ4n) is 2.86. The van der Waals surface area contributed by atoms with Crippen LogP contribution in [0.25, 0.3) is 0 Å². The fourth-order valence-corrected chi connectivity index (χ4v) is 4.14. The molecule has 0 aromatic carbocycles. The fraction of sp³-hybridized carbons (Fsp3) is 0.750. The molecule has 1 aliphatic rings. The summed E-state index contributed by atoms with van der Waals surface area (Å²) in [5.41, 5.74) is 2.23. The number of aryl methyl sites for hydroxylation is 3. The zero-order valence-electron chi connectivity index (χ0n) is 15.5. The third-order valence-electron chi connectivity index (χ3n) is 4.32. The summed E-state index contributed by atoms with van der Waals surface area (Å²) in [7, 11) is -1.05. The van der Waals surface area contributed by atoms with Crippen molar-refractivity contribution >= 4 is 15.8 Å². The van der Waals surface area contributed by atoms with E-state index in [1.54, 1.807) is 7.05 Å². The lowest BCUT2D eigenvalue weighted by Crippen LogP contribution is -2.46. The number of sulfone groups is 1. The molecule has 1 fully saturated rings. The molecule has 0 bridgehead atoms.